The van der Waals surface area contributed by atoms with Gasteiger partial charge in [-0.1, -0.05) is 24.3 Å². The normalized spacial score (nSPS) is 32.8. The van der Waals surface area contributed by atoms with Crippen LogP contribution in [0.4, 0.5) is 8.78 Å². The Balaban J connectivity index is 1.31. The quantitative estimate of drug-likeness (QED) is 0.682. The molecule has 4 bridgehead atoms. The first kappa shape index (κ1) is 19.2. The zero-order chi connectivity index (χ0) is 21.1. The Morgan fingerprint density at radius 2 is 1.63 bits per heavy atom. The number of benzene rings is 2. The minimum atomic E-state index is -1.17. The number of ether oxygens (including phenoxy) is 1. The summed E-state index contributed by atoms with van der Waals surface area (Å²) in [5, 5.41) is 13.3. The van der Waals surface area contributed by atoms with Gasteiger partial charge in [0.25, 0.3) is 0 Å². The van der Waals surface area contributed by atoms with Crippen LogP contribution in [0.2, 0.25) is 0 Å². The smallest absolute Gasteiger partial charge is 0.324 e. The van der Waals surface area contributed by atoms with Crippen molar-refractivity contribution in [3.8, 4) is 0 Å². The molecule has 0 amide bonds. The van der Waals surface area contributed by atoms with E-state index in [1.165, 1.54) is 24.3 Å². The zero-order valence-corrected chi connectivity index (χ0v) is 16.1. The lowest BCUT2D eigenvalue weighted by atomic mass is 9.88. The highest BCUT2D eigenvalue weighted by atomic mass is 19.1. The van der Waals surface area contributed by atoms with Gasteiger partial charge in [0.15, 0.2) is 0 Å². The Morgan fingerprint density at radius 1 is 1.03 bits per heavy atom. The molecule has 0 unspecified atom stereocenters. The summed E-state index contributed by atoms with van der Waals surface area (Å²) < 4.78 is 31.7. The zero-order valence-electron chi connectivity index (χ0n) is 16.1. The summed E-state index contributed by atoms with van der Waals surface area (Å²) in [5.74, 6) is -2.48. The average Bonchev–Trinajstić information content (AvgIpc) is 3.02. The van der Waals surface area contributed by atoms with Crippen molar-refractivity contribution in [1.29, 1.82) is 0 Å². The molecule has 0 radical (unpaired) electrons. The largest absolute Gasteiger partial charge is 0.480 e. The standard InChI is InChI=1S/C23H21F2NO4/c24-16-5-1-13(2-6-16)11-26-23(20(27)28)15-9-18-19(23)22(18,10-15)21(29)30-12-14-3-7-17(25)8-4-14/h1-8,15,18-19,26H,9-12H2,(H,27,28)/t15-,18+,19+,22+,23+/m1/s1. The van der Waals surface area contributed by atoms with Crippen molar-refractivity contribution in [1.82, 2.24) is 5.32 Å². The summed E-state index contributed by atoms with van der Waals surface area (Å²) in [4.78, 5) is 25.3. The van der Waals surface area contributed by atoms with Crippen molar-refractivity contribution in [2.24, 2.45) is 23.2 Å². The maximum Gasteiger partial charge on any atom is 0.324 e. The second-order valence-corrected chi connectivity index (χ2v) is 8.62. The Morgan fingerprint density at radius 3 is 2.20 bits per heavy atom. The van der Waals surface area contributed by atoms with E-state index in [-0.39, 0.29) is 48.5 Å². The summed E-state index contributed by atoms with van der Waals surface area (Å²) in [6, 6.07) is 11.7. The molecule has 2 aromatic carbocycles. The van der Waals surface area contributed by atoms with Gasteiger partial charge in [-0.2, -0.15) is 0 Å². The molecule has 7 heteroatoms. The van der Waals surface area contributed by atoms with Gasteiger partial charge in [-0.05, 0) is 60.1 Å². The lowest BCUT2D eigenvalue weighted by molar-refractivity contribution is -0.152. The third-order valence-electron chi connectivity index (χ3n) is 7.28. The molecule has 5 nitrogen and oxygen atoms in total. The predicted octanol–water partition coefficient (Wildman–Crippen LogP) is 3.28. The van der Waals surface area contributed by atoms with E-state index in [4.69, 9.17) is 4.74 Å². The number of aliphatic carboxylic acids is 1. The lowest BCUT2D eigenvalue weighted by Gasteiger charge is -2.30. The molecule has 4 aliphatic carbocycles. The van der Waals surface area contributed by atoms with Crippen molar-refractivity contribution < 1.29 is 28.2 Å². The predicted molar refractivity (Wildman–Crippen MR) is 102 cm³/mol. The fourth-order valence-electron chi connectivity index (χ4n) is 5.98. The second kappa shape index (κ2) is 6.60. The number of rotatable bonds is 7. The minimum absolute atomic E-state index is 0.0000330. The number of carbonyl (C=O) groups excluding carboxylic acids is 1. The van der Waals surface area contributed by atoms with Crippen LogP contribution in [-0.4, -0.2) is 22.6 Å². The van der Waals surface area contributed by atoms with E-state index in [0.29, 0.717) is 18.4 Å². The number of hydrogen-bond acceptors (Lipinski definition) is 4. The highest BCUT2D eigenvalue weighted by Gasteiger charge is 2.89. The molecular weight excluding hydrogens is 392 g/mol. The van der Waals surface area contributed by atoms with Crippen molar-refractivity contribution in [3.05, 3.63) is 71.3 Å². The summed E-state index contributed by atoms with van der Waals surface area (Å²) in [7, 11) is 0. The van der Waals surface area contributed by atoms with E-state index in [1.54, 1.807) is 24.3 Å². The number of esters is 1. The van der Waals surface area contributed by atoms with Crippen LogP contribution < -0.4 is 5.32 Å². The van der Waals surface area contributed by atoms with Gasteiger partial charge in [-0.25, -0.2) is 8.78 Å². The molecule has 6 rings (SSSR count). The fraction of sp³-hybridized carbons (Fsp3) is 0.391. The number of nitrogens with one attached hydrogen (secondary N) is 1. The molecule has 0 aliphatic heterocycles. The molecule has 0 spiro atoms. The molecule has 156 valence electrons. The van der Waals surface area contributed by atoms with Gasteiger partial charge in [0.2, 0.25) is 0 Å². The Bertz CT molecular complexity index is 1010. The summed E-state index contributed by atoms with van der Waals surface area (Å²) >= 11 is 0. The lowest BCUT2D eigenvalue weighted by Crippen LogP contribution is -2.55. The van der Waals surface area contributed by atoms with Crippen molar-refractivity contribution in [3.63, 3.8) is 0 Å². The van der Waals surface area contributed by atoms with Crippen LogP contribution >= 0.6 is 0 Å². The van der Waals surface area contributed by atoms with E-state index in [0.717, 1.165) is 5.56 Å². The molecule has 4 saturated carbocycles. The highest BCUT2D eigenvalue weighted by Crippen LogP contribution is 2.82. The maximum atomic E-state index is 13.1. The van der Waals surface area contributed by atoms with Crippen LogP contribution in [0, 0.1) is 34.8 Å². The molecule has 2 N–H and O–H groups in total. The Kier molecular flexibility index (Phi) is 4.22. The monoisotopic (exact) mass is 413 g/mol. The van der Waals surface area contributed by atoms with E-state index in [9.17, 15) is 23.5 Å². The first-order valence-corrected chi connectivity index (χ1v) is 10.0. The summed E-state index contributed by atoms with van der Waals surface area (Å²) in [6.07, 6.45) is 1.17. The van der Waals surface area contributed by atoms with Crippen LogP contribution in [-0.2, 0) is 27.5 Å². The first-order chi connectivity index (χ1) is 14.4. The van der Waals surface area contributed by atoms with Gasteiger partial charge in [0.1, 0.15) is 23.8 Å². The van der Waals surface area contributed by atoms with E-state index in [1.807, 2.05) is 0 Å². The van der Waals surface area contributed by atoms with Crippen molar-refractivity contribution in [2.45, 2.75) is 31.5 Å². The van der Waals surface area contributed by atoms with Crippen LogP contribution in [0.25, 0.3) is 0 Å². The van der Waals surface area contributed by atoms with Gasteiger partial charge in [-0.15, -0.1) is 0 Å². The maximum absolute atomic E-state index is 13.1. The molecule has 4 fully saturated rings. The number of hydrogen-bond donors (Lipinski definition) is 2. The number of carboxylic acids is 1. The fourth-order valence-corrected chi connectivity index (χ4v) is 5.98. The minimum Gasteiger partial charge on any atom is -0.480 e. The highest BCUT2D eigenvalue weighted by molar-refractivity contribution is 5.91. The molecule has 5 atom stereocenters. The van der Waals surface area contributed by atoms with Gasteiger partial charge in [0, 0.05) is 12.5 Å². The molecule has 4 aliphatic rings. The number of carboxylic acid groups (broad SMARTS) is 1. The van der Waals surface area contributed by atoms with Gasteiger partial charge in [0.05, 0.1) is 5.41 Å². The molecule has 0 saturated heterocycles. The Labute approximate surface area is 172 Å². The van der Waals surface area contributed by atoms with Crippen LogP contribution in [0.1, 0.15) is 24.0 Å². The topological polar surface area (TPSA) is 75.6 Å². The van der Waals surface area contributed by atoms with Crippen LogP contribution in [0.3, 0.4) is 0 Å². The average molecular weight is 413 g/mol. The van der Waals surface area contributed by atoms with Crippen molar-refractivity contribution >= 4 is 11.9 Å². The van der Waals surface area contributed by atoms with Gasteiger partial charge < -0.3 is 9.84 Å². The van der Waals surface area contributed by atoms with Crippen molar-refractivity contribution in [2.75, 3.05) is 0 Å². The Hall–Kier alpha value is -2.80. The number of halogens is 2. The molecule has 0 aromatic heterocycles. The van der Waals surface area contributed by atoms with Gasteiger partial charge in [-0.3, -0.25) is 14.9 Å². The second-order valence-electron chi connectivity index (χ2n) is 8.62. The molecule has 30 heavy (non-hydrogen) atoms. The third-order valence-corrected chi connectivity index (χ3v) is 7.28. The summed E-state index contributed by atoms with van der Waals surface area (Å²) in [6.45, 7) is 0.320. The number of carbonyl (C=O) groups is 2. The first-order valence-electron chi connectivity index (χ1n) is 10.0. The third kappa shape index (κ3) is 2.61. The van der Waals surface area contributed by atoms with Crippen LogP contribution in [0.5, 0.6) is 0 Å². The van der Waals surface area contributed by atoms with Gasteiger partial charge >= 0.3 is 11.9 Å². The molecular formula is C23H21F2NO4. The van der Waals surface area contributed by atoms with E-state index in [2.05, 4.69) is 5.32 Å². The van der Waals surface area contributed by atoms with E-state index < -0.39 is 16.9 Å². The van der Waals surface area contributed by atoms with E-state index >= 15 is 0 Å². The molecule has 0 heterocycles. The SMILES string of the molecule is O=C(OCc1ccc(F)cc1)[C@@]12C[C@H]3C[C@H]1[C@@H]2[C@]3(NCc1ccc(F)cc1)C(=O)O. The van der Waals surface area contributed by atoms with Crippen LogP contribution in [0.15, 0.2) is 48.5 Å². The molecule has 2 aromatic rings. The summed E-state index contributed by atoms with van der Waals surface area (Å²) in [5.41, 5.74) is -0.457.